The molecule has 0 bridgehead atoms. The fourth-order valence-corrected chi connectivity index (χ4v) is 15.1. The van der Waals surface area contributed by atoms with Gasteiger partial charge in [0.15, 0.2) is 0 Å². The zero-order valence-corrected chi connectivity index (χ0v) is 14.0. The van der Waals surface area contributed by atoms with E-state index in [1.807, 2.05) is 8.95 Å². The van der Waals surface area contributed by atoms with Gasteiger partial charge in [-0.25, -0.2) is 0 Å². The summed E-state index contributed by atoms with van der Waals surface area (Å²) in [7, 11) is 1.93. The molecular formula is C11H24NO2SSn. The van der Waals surface area contributed by atoms with Crippen molar-refractivity contribution in [3.05, 3.63) is 0 Å². The maximum atomic E-state index is 10.6. The number of carbonyl (C=O) groups is 1. The van der Waals surface area contributed by atoms with Crippen LogP contribution in [0.15, 0.2) is 0 Å². The Bertz CT molecular complexity index is 185. The second-order valence-corrected chi connectivity index (χ2v) is 16.9. The Kier molecular flexibility index (Phi) is 11.1. The van der Waals surface area contributed by atoms with Crippen molar-refractivity contribution in [2.75, 3.05) is 5.75 Å². The first-order valence-electron chi connectivity index (χ1n) is 6.07. The van der Waals surface area contributed by atoms with Crippen LogP contribution in [0.4, 0.5) is 0 Å². The van der Waals surface area contributed by atoms with Gasteiger partial charge in [-0.1, -0.05) is 0 Å². The van der Waals surface area contributed by atoms with Crippen LogP contribution in [0.25, 0.3) is 0 Å². The van der Waals surface area contributed by atoms with Crippen molar-refractivity contribution >= 4 is 33.3 Å². The standard InChI is InChI=1S/2C4H9.C3H7NO2S.Sn/c2*1-3-4-2;4-2(1-7)3(5)6;/h2*1,3-4H2,2H3;2,7H,1,4H2,(H,5,6);/q;;;+1/p-1. The first-order chi connectivity index (χ1) is 7.61. The summed E-state index contributed by atoms with van der Waals surface area (Å²) in [4.78, 5) is 10.6. The molecule has 16 heavy (non-hydrogen) atoms. The third kappa shape index (κ3) is 8.70. The molecule has 0 aromatic rings. The second-order valence-electron chi connectivity index (χ2n) is 4.00. The Morgan fingerprint density at radius 3 is 2.19 bits per heavy atom. The number of aliphatic carboxylic acids is 1. The van der Waals surface area contributed by atoms with Crippen LogP contribution >= 0.6 is 8.95 Å². The van der Waals surface area contributed by atoms with E-state index in [9.17, 15) is 4.79 Å². The molecule has 1 radical (unpaired) electrons. The van der Waals surface area contributed by atoms with Crippen molar-refractivity contribution in [2.45, 2.75) is 54.4 Å². The van der Waals surface area contributed by atoms with Gasteiger partial charge in [-0.3, -0.25) is 0 Å². The molecule has 0 rings (SSSR count). The molecule has 0 amide bonds. The minimum atomic E-state index is -1.37. The fraction of sp³-hybridized carbons (Fsp3) is 0.909. The van der Waals surface area contributed by atoms with Gasteiger partial charge in [-0.05, 0) is 0 Å². The van der Waals surface area contributed by atoms with Crippen LogP contribution in [-0.2, 0) is 4.79 Å². The van der Waals surface area contributed by atoms with Gasteiger partial charge in [0.2, 0.25) is 0 Å². The molecule has 3 nitrogen and oxygen atoms in total. The molecule has 0 saturated heterocycles. The van der Waals surface area contributed by atoms with Crippen LogP contribution in [-0.4, -0.2) is 41.2 Å². The van der Waals surface area contributed by atoms with Gasteiger partial charge in [-0.2, -0.15) is 0 Å². The number of hydrogen-bond acceptors (Lipinski definition) is 3. The van der Waals surface area contributed by atoms with E-state index in [-0.39, 0.29) is 0 Å². The van der Waals surface area contributed by atoms with Crippen LogP contribution in [0.3, 0.4) is 0 Å². The van der Waals surface area contributed by atoms with E-state index in [1.54, 1.807) is 0 Å². The second kappa shape index (κ2) is 10.7. The number of carboxylic acid groups (broad SMARTS) is 1. The summed E-state index contributed by atoms with van der Waals surface area (Å²) in [6.07, 6.45) is 5.13. The fourth-order valence-electron chi connectivity index (χ4n) is 1.30. The molecule has 0 aliphatic rings. The van der Waals surface area contributed by atoms with E-state index in [4.69, 9.17) is 10.8 Å². The molecule has 1 atom stereocenters. The topological polar surface area (TPSA) is 63.3 Å². The van der Waals surface area contributed by atoms with Crippen molar-refractivity contribution in [3.63, 3.8) is 0 Å². The van der Waals surface area contributed by atoms with Crippen LogP contribution in [0.2, 0.25) is 8.87 Å². The van der Waals surface area contributed by atoms with Gasteiger partial charge in [-0.15, -0.1) is 0 Å². The van der Waals surface area contributed by atoms with Gasteiger partial charge in [0, 0.05) is 0 Å². The summed E-state index contributed by atoms with van der Waals surface area (Å²) in [6.45, 7) is 4.43. The maximum absolute atomic E-state index is 10.6. The summed E-state index contributed by atoms with van der Waals surface area (Å²) in [5.74, 6) is -0.237. The van der Waals surface area contributed by atoms with Gasteiger partial charge >= 0.3 is 109 Å². The molecule has 3 N–H and O–H groups in total. The van der Waals surface area contributed by atoms with Gasteiger partial charge in [0.1, 0.15) is 0 Å². The molecule has 0 aliphatic carbocycles. The SMILES string of the molecule is CCC[CH2][Sn]([CH2]CCC)[S]CC(N)C(=O)O. The van der Waals surface area contributed by atoms with Crippen LogP contribution < -0.4 is 5.73 Å². The van der Waals surface area contributed by atoms with Crippen LogP contribution in [0.5, 0.6) is 0 Å². The molecule has 0 aliphatic heterocycles. The number of carboxylic acids is 1. The number of nitrogens with two attached hydrogens (primary N) is 1. The summed E-state index contributed by atoms with van der Waals surface area (Å²) in [5.41, 5.74) is 5.53. The van der Waals surface area contributed by atoms with Crippen molar-refractivity contribution in [1.29, 1.82) is 0 Å². The minimum absolute atomic E-state index is 0.623. The third-order valence-corrected chi connectivity index (χ3v) is 16.2. The Morgan fingerprint density at radius 1 is 1.31 bits per heavy atom. The number of hydrogen-bond donors (Lipinski definition) is 2. The van der Waals surface area contributed by atoms with E-state index in [2.05, 4.69) is 13.8 Å². The molecular weight excluding hydrogens is 329 g/mol. The van der Waals surface area contributed by atoms with Gasteiger partial charge < -0.3 is 0 Å². The quantitative estimate of drug-likeness (QED) is 0.593. The van der Waals surface area contributed by atoms with E-state index < -0.39 is 30.4 Å². The van der Waals surface area contributed by atoms with Crippen LogP contribution in [0, 0.1) is 0 Å². The monoisotopic (exact) mass is 354 g/mol. The molecule has 1 unspecified atom stereocenters. The van der Waals surface area contributed by atoms with E-state index in [0.29, 0.717) is 5.75 Å². The van der Waals surface area contributed by atoms with Gasteiger partial charge in [0.05, 0.1) is 0 Å². The molecule has 0 spiro atoms. The molecule has 5 heteroatoms. The van der Waals surface area contributed by atoms with Crippen molar-refractivity contribution in [3.8, 4) is 0 Å². The number of rotatable bonds is 10. The van der Waals surface area contributed by atoms with Gasteiger partial charge in [0.25, 0.3) is 0 Å². The van der Waals surface area contributed by atoms with Crippen molar-refractivity contribution in [2.24, 2.45) is 5.73 Å². The Labute approximate surface area is 109 Å². The normalized spacial score (nSPS) is 13.0. The molecule has 95 valence electrons. The Hall–Kier alpha value is 0.579. The average Bonchev–Trinajstić information content (AvgIpc) is 2.27. The summed E-state index contributed by atoms with van der Waals surface area (Å²) in [5, 5.41) is 8.73. The Balaban J connectivity index is 3.84. The zero-order valence-electron chi connectivity index (χ0n) is 10.4. The van der Waals surface area contributed by atoms with E-state index >= 15 is 0 Å². The van der Waals surface area contributed by atoms with Crippen molar-refractivity contribution < 1.29 is 9.90 Å². The number of unbranched alkanes of at least 4 members (excludes halogenated alkanes) is 2. The molecule has 0 aromatic carbocycles. The molecule has 0 heterocycles. The van der Waals surface area contributed by atoms with E-state index in [0.717, 1.165) is 0 Å². The van der Waals surface area contributed by atoms with E-state index in [1.165, 1.54) is 34.6 Å². The predicted octanol–water partition coefficient (Wildman–Crippen LogP) is 2.72. The predicted molar refractivity (Wildman–Crippen MR) is 73.3 cm³/mol. The Morgan fingerprint density at radius 2 is 1.81 bits per heavy atom. The zero-order chi connectivity index (χ0) is 12.4. The summed E-state index contributed by atoms with van der Waals surface area (Å²) < 4.78 is 2.77. The molecule has 0 saturated carbocycles. The average molecular weight is 353 g/mol. The summed E-state index contributed by atoms with van der Waals surface area (Å²) in [6, 6.07) is -0.663. The molecule has 0 fully saturated rings. The van der Waals surface area contributed by atoms with Crippen LogP contribution in [0.1, 0.15) is 39.5 Å². The first-order valence-corrected chi connectivity index (χ1v) is 14.6. The summed E-state index contributed by atoms with van der Waals surface area (Å²) >= 11 is -1.37. The first kappa shape index (κ1) is 16.6. The molecule has 0 aromatic heterocycles. The van der Waals surface area contributed by atoms with Crippen molar-refractivity contribution in [1.82, 2.24) is 0 Å². The third-order valence-electron chi connectivity index (χ3n) is 2.40.